The van der Waals surface area contributed by atoms with E-state index in [9.17, 15) is 4.79 Å². The zero-order valence-corrected chi connectivity index (χ0v) is 12.8. The number of benzene rings is 1. The van der Waals surface area contributed by atoms with Crippen molar-refractivity contribution in [2.75, 3.05) is 0 Å². The molecule has 3 aromatic heterocycles. The fourth-order valence-electron chi connectivity index (χ4n) is 2.62. The summed E-state index contributed by atoms with van der Waals surface area (Å²) in [4.78, 5) is 16.3. The number of hydrogen-bond acceptors (Lipinski definition) is 3. The molecular formula is C18H15N5O. The summed E-state index contributed by atoms with van der Waals surface area (Å²) in [5, 5.41) is 7.04. The number of carbonyl (C=O) groups excluding carboxylic acids is 1. The molecule has 3 heterocycles. The second kappa shape index (κ2) is 6.00. The van der Waals surface area contributed by atoms with Crippen LogP contribution in [0.2, 0.25) is 0 Å². The molecule has 0 fully saturated rings. The van der Waals surface area contributed by atoms with Crippen molar-refractivity contribution in [3.8, 4) is 5.69 Å². The fourth-order valence-corrected chi connectivity index (χ4v) is 2.62. The largest absolute Gasteiger partial charge is 0.347 e. The van der Waals surface area contributed by atoms with E-state index in [4.69, 9.17) is 0 Å². The van der Waals surface area contributed by atoms with Crippen LogP contribution in [0.1, 0.15) is 16.1 Å². The molecule has 0 bridgehead atoms. The van der Waals surface area contributed by atoms with Crippen molar-refractivity contribution in [1.29, 1.82) is 0 Å². The van der Waals surface area contributed by atoms with E-state index >= 15 is 0 Å². The lowest BCUT2D eigenvalue weighted by Gasteiger charge is -2.07. The van der Waals surface area contributed by atoms with Crippen molar-refractivity contribution in [3.05, 3.63) is 84.7 Å². The Balaban J connectivity index is 1.45. The Morgan fingerprint density at radius 2 is 1.92 bits per heavy atom. The maximum atomic E-state index is 12.4. The van der Waals surface area contributed by atoms with Crippen molar-refractivity contribution in [3.63, 3.8) is 0 Å². The summed E-state index contributed by atoms with van der Waals surface area (Å²) in [6.45, 7) is 0.469. The minimum atomic E-state index is -0.0958. The predicted octanol–water partition coefficient (Wildman–Crippen LogP) is 2.45. The number of rotatable bonds is 4. The summed E-state index contributed by atoms with van der Waals surface area (Å²) in [5.41, 5.74) is 3.58. The zero-order chi connectivity index (χ0) is 16.4. The second-order valence-corrected chi connectivity index (χ2v) is 5.40. The quantitative estimate of drug-likeness (QED) is 0.629. The first-order valence-electron chi connectivity index (χ1n) is 7.59. The van der Waals surface area contributed by atoms with Crippen LogP contribution >= 0.6 is 0 Å². The molecular weight excluding hydrogens is 302 g/mol. The minimum absolute atomic E-state index is 0.0958. The van der Waals surface area contributed by atoms with Gasteiger partial charge in [0.25, 0.3) is 5.91 Å². The van der Waals surface area contributed by atoms with Gasteiger partial charge in [-0.1, -0.05) is 18.2 Å². The van der Waals surface area contributed by atoms with Crippen LogP contribution in [0, 0.1) is 0 Å². The molecule has 4 aromatic rings. The van der Waals surface area contributed by atoms with E-state index in [1.165, 1.54) is 6.33 Å². The fraction of sp³-hybridized carbons (Fsp3) is 0.0556. The molecule has 0 spiro atoms. The Bertz CT molecular complexity index is 970. The molecule has 118 valence electrons. The van der Waals surface area contributed by atoms with Gasteiger partial charge in [0.15, 0.2) is 0 Å². The Kier molecular flexibility index (Phi) is 3.55. The molecule has 0 atom stereocenters. The monoisotopic (exact) mass is 317 g/mol. The van der Waals surface area contributed by atoms with Gasteiger partial charge in [-0.25, -0.2) is 9.67 Å². The van der Waals surface area contributed by atoms with Crippen LogP contribution in [0.4, 0.5) is 0 Å². The highest BCUT2D eigenvalue weighted by Gasteiger charge is 2.10. The SMILES string of the molecule is O=C(NCc1ccc(-n2cncn2)cc1)c1ccc2ccccn12. The number of pyridine rings is 1. The van der Waals surface area contributed by atoms with Gasteiger partial charge < -0.3 is 9.72 Å². The normalized spacial score (nSPS) is 10.8. The van der Waals surface area contributed by atoms with E-state index in [1.54, 1.807) is 11.0 Å². The van der Waals surface area contributed by atoms with Crippen molar-refractivity contribution in [1.82, 2.24) is 24.5 Å². The third kappa shape index (κ3) is 2.65. The van der Waals surface area contributed by atoms with Crippen molar-refractivity contribution < 1.29 is 4.79 Å². The highest BCUT2D eigenvalue weighted by Crippen LogP contribution is 2.11. The molecule has 1 aromatic carbocycles. The maximum absolute atomic E-state index is 12.4. The number of carbonyl (C=O) groups is 1. The van der Waals surface area contributed by atoms with Crippen molar-refractivity contribution >= 4 is 11.4 Å². The lowest BCUT2D eigenvalue weighted by Crippen LogP contribution is -2.24. The number of fused-ring (bicyclic) bond motifs is 1. The van der Waals surface area contributed by atoms with Crippen LogP contribution in [0.3, 0.4) is 0 Å². The molecule has 0 aliphatic carbocycles. The number of nitrogens with one attached hydrogen (secondary N) is 1. The lowest BCUT2D eigenvalue weighted by molar-refractivity contribution is 0.0945. The van der Waals surface area contributed by atoms with Gasteiger partial charge in [0.05, 0.1) is 5.69 Å². The van der Waals surface area contributed by atoms with Gasteiger partial charge in [-0.15, -0.1) is 0 Å². The first-order chi connectivity index (χ1) is 11.8. The number of nitrogens with zero attached hydrogens (tertiary/aromatic N) is 4. The molecule has 1 N–H and O–H groups in total. The van der Waals surface area contributed by atoms with Crippen molar-refractivity contribution in [2.45, 2.75) is 6.54 Å². The highest BCUT2D eigenvalue weighted by atomic mass is 16.1. The molecule has 0 saturated heterocycles. The standard InChI is InChI=1S/C18H15N5O/c24-18(17-9-8-15-3-1-2-10-22(15)17)20-11-14-4-6-16(7-5-14)23-13-19-12-21-23/h1-10,12-13H,11H2,(H,20,24). The first kappa shape index (κ1) is 14.2. The first-order valence-corrected chi connectivity index (χ1v) is 7.59. The average Bonchev–Trinajstić information content (AvgIpc) is 3.30. The molecule has 0 aliphatic heterocycles. The Hall–Kier alpha value is -3.41. The molecule has 0 radical (unpaired) electrons. The van der Waals surface area contributed by atoms with Gasteiger partial charge in [-0.05, 0) is 42.0 Å². The van der Waals surface area contributed by atoms with E-state index in [0.717, 1.165) is 16.8 Å². The van der Waals surface area contributed by atoms with Crippen LogP contribution in [0.5, 0.6) is 0 Å². The van der Waals surface area contributed by atoms with Gasteiger partial charge >= 0.3 is 0 Å². The highest BCUT2D eigenvalue weighted by molar-refractivity contribution is 5.93. The average molecular weight is 317 g/mol. The van der Waals surface area contributed by atoms with E-state index in [2.05, 4.69) is 15.4 Å². The van der Waals surface area contributed by atoms with E-state index in [-0.39, 0.29) is 5.91 Å². The van der Waals surface area contributed by atoms with Gasteiger partial charge in [0.1, 0.15) is 18.3 Å². The Morgan fingerprint density at radius 1 is 1.04 bits per heavy atom. The van der Waals surface area contributed by atoms with Gasteiger partial charge in [0.2, 0.25) is 0 Å². The molecule has 4 rings (SSSR count). The molecule has 6 nitrogen and oxygen atoms in total. The number of amides is 1. The number of hydrogen-bond donors (Lipinski definition) is 1. The smallest absolute Gasteiger partial charge is 0.268 e. The van der Waals surface area contributed by atoms with Crippen LogP contribution in [0.15, 0.2) is 73.4 Å². The van der Waals surface area contributed by atoms with Crippen LogP contribution in [-0.4, -0.2) is 25.1 Å². The van der Waals surface area contributed by atoms with E-state index in [1.807, 2.05) is 65.2 Å². The molecule has 0 unspecified atom stereocenters. The molecule has 1 amide bonds. The van der Waals surface area contributed by atoms with Gasteiger partial charge in [-0.2, -0.15) is 5.10 Å². The third-order valence-electron chi connectivity index (χ3n) is 3.87. The molecule has 6 heteroatoms. The molecule has 0 saturated carbocycles. The maximum Gasteiger partial charge on any atom is 0.268 e. The Morgan fingerprint density at radius 3 is 2.71 bits per heavy atom. The Labute approximate surface area is 138 Å². The number of aromatic nitrogens is 4. The van der Waals surface area contributed by atoms with Crippen LogP contribution in [-0.2, 0) is 6.54 Å². The van der Waals surface area contributed by atoms with Gasteiger partial charge in [0, 0.05) is 18.3 Å². The van der Waals surface area contributed by atoms with E-state index in [0.29, 0.717) is 12.2 Å². The van der Waals surface area contributed by atoms with Crippen LogP contribution < -0.4 is 5.32 Å². The van der Waals surface area contributed by atoms with Crippen molar-refractivity contribution in [2.24, 2.45) is 0 Å². The predicted molar refractivity (Wildman–Crippen MR) is 89.9 cm³/mol. The third-order valence-corrected chi connectivity index (χ3v) is 3.87. The van der Waals surface area contributed by atoms with Gasteiger partial charge in [-0.3, -0.25) is 4.79 Å². The topological polar surface area (TPSA) is 64.2 Å². The summed E-state index contributed by atoms with van der Waals surface area (Å²) in [6.07, 6.45) is 5.03. The molecule has 24 heavy (non-hydrogen) atoms. The van der Waals surface area contributed by atoms with E-state index < -0.39 is 0 Å². The summed E-state index contributed by atoms with van der Waals surface area (Å²) >= 11 is 0. The summed E-state index contributed by atoms with van der Waals surface area (Å²) in [7, 11) is 0. The van der Waals surface area contributed by atoms with Crippen LogP contribution in [0.25, 0.3) is 11.2 Å². The summed E-state index contributed by atoms with van der Waals surface area (Å²) < 4.78 is 3.57. The lowest BCUT2D eigenvalue weighted by atomic mass is 10.2. The summed E-state index contributed by atoms with van der Waals surface area (Å²) in [6, 6.07) is 17.4. The minimum Gasteiger partial charge on any atom is -0.347 e. The molecule has 0 aliphatic rings. The summed E-state index contributed by atoms with van der Waals surface area (Å²) in [5.74, 6) is -0.0958. The second-order valence-electron chi connectivity index (χ2n) is 5.40. The zero-order valence-electron chi connectivity index (χ0n) is 12.8.